The number of nitrogens with one attached hydrogen (secondary N) is 1. The van der Waals surface area contributed by atoms with Crippen LogP contribution in [-0.4, -0.2) is 38.9 Å². The molecular weight excluding hydrogens is 346 g/mol. The third-order valence-corrected chi connectivity index (χ3v) is 4.77. The zero-order valence-electron chi connectivity index (χ0n) is 13.7. The van der Waals surface area contributed by atoms with E-state index in [0.29, 0.717) is 23.7 Å². The molecule has 7 nitrogen and oxygen atoms in total. The smallest absolute Gasteiger partial charge is 0.434 e. The van der Waals surface area contributed by atoms with Gasteiger partial charge in [-0.05, 0) is 49.3 Å². The maximum atomic E-state index is 12.1. The van der Waals surface area contributed by atoms with E-state index in [9.17, 15) is 14.7 Å². The number of aromatic nitrogens is 2. The lowest BCUT2D eigenvalue weighted by atomic mass is 9.91. The van der Waals surface area contributed by atoms with Crippen LogP contribution in [0.3, 0.4) is 0 Å². The van der Waals surface area contributed by atoms with Gasteiger partial charge in [0.15, 0.2) is 0 Å². The lowest BCUT2D eigenvalue weighted by Gasteiger charge is -2.31. The number of carbonyl (C=O) groups is 1. The number of halogens is 1. The summed E-state index contributed by atoms with van der Waals surface area (Å²) in [7, 11) is 0. The van der Waals surface area contributed by atoms with Crippen molar-refractivity contribution >= 4 is 17.7 Å². The third kappa shape index (κ3) is 4.36. The summed E-state index contributed by atoms with van der Waals surface area (Å²) in [5.74, 6) is 0.110. The van der Waals surface area contributed by atoms with E-state index in [4.69, 9.17) is 16.4 Å². The van der Waals surface area contributed by atoms with Crippen LogP contribution in [0.4, 0.5) is 4.79 Å². The van der Waals surface area contributed by atoms with Crippen molar-refractivity contribution in [1.82, 2.24) is 14.6 Å². The Hall–Kier alpha value is -2.41. The second-order valence-corrected chi connectivity index (χ2v) is 6.64. The van der Waals surface area contributed by atoms with Gasteiger partial charge >= 0.3 is 11.8 Å². The van der Waals surface area contributed by atoms with Gasteiger partial charge in [-0.3, -0.25) is 0 Å². The molecule has 0 radical (unpaired) electrons. The summed E-state index contributed by atoms with van der Waals surface area (Å²) in [5, 5.41) is 10.2. The Morgan fingerprint density at radius 1 is 1.28 bits per heavy atom. The largest absolute Gasteiger partial charge is 0.491 e. The molecule has 8 heteroatoms. The fourth-order valence-electron chi connectivity index (χ4n) is 3.00. The molecule has 134 valence electrons. The summed E-state index contributed by atoms with van der Waals surface area (Å²) in [6.07, 6.45) is 4.25. The van der Waals surface area contributed by atoms with Gasteiger partial charge in [0.05, 0.1) is 6.20 Å². The molecular formula is C17H20ClN3O4. The molecule has 0 bridgehead atoms. The van der Waals surface area contributed by atoms with Crippen molar-refractivity contribution in [2.45, 2.75) is 25.7 Å². The van der Waals surface area contributed by atoms with E-state index in [-0.39, 0.29) is 0 Å². The van der Waals surface area contributed by atoms with Gasteiger partial charge < -0.3 is 19.8 Å². The monoisotopic (exact) mass is 365 g/mol. The summed E-state index contributed by atoms with van der Waals surface area (Å²) in [4.78, 5) is 32.2. The standard InChI is InChI=1S/C17H20ClN3O4/c18-14-5-3-12(4-6-14)1-2-13-7-9-20(10-8-13)17(24)25-21-15(22)11-19-16(21)23/h3-6,11,13,22H,1-2,7-10H2,(H,19,23). The van der Waals surface area contributed by atoms with Crippen LogP contribution in [-0.2, 0) is 6.42 Å². The van der Waals surface area contributed by atoms with Gasteiger partial charge in [-0.2, -0.15) is 0 Å². The van der Waals surface area contributed by atoms with Gasteiger partial charge in [0.25, 0.3) is 0 Å². The molecule has 0 atom stereocenters. The molecule has 25 heavy (non-hydrogen) atoms. The van der Waals surface area contributed by atoms with E-state index in [1.165, 1.54) is 5.56 Å². The average Bonchev–Trinajstić information content (AvgIpc) is 2.93. The molecule has 0 saturated carbocycles. The Bertz CT molecular complexity index is 776. The zero-order chi connectivity index (χ0) is 17.8. The van der Waals surface area contributed by atoms with Crippen molar-refractivity contribution in [1.29, 1.82) is 0 Å². The van der Waals surface area contributed by atoms with Crippen molar-refractivity contribution in [2.75, 3.05) is 13.1 Å². The maximum absolute atomic E-state index is 12.1. The number of carbonyl (C=O) groups excluding carboxylic acids is 1. The minimum absolute atomic E-state index is 0.434. The van der Waals surface area contributed by atoms with Crippen LogP contribution in [0.15, 0.2) is 35.3 Å². The topological polar surface area (TPSA) is 87.6 Å². The maximum Gasteiger partial charge on any atom is 0.434 e. The number of aromatic hydroxyl groups is 1. The van der Waals surface area contributed by atoms with Crippen molar-refractivity contribution < 1.29 is 14.7 Å². The molecule has 1 aliphatic heterocycles. The molecule has 2 N–H and O–H groups in total. The summed E-state index contributed by atoms with van der Waals surface area (Å²) in [6, 6.07) is 7.87. The molecule has 0 unspecified atom stereocenters. The Kier molecular flexibility index (Phi) is 5.33. The quantitative estimate of drug-likeness (QED) is 0.871. The number of aryl methyl sites for hydroxylation is 1. The summed E-state index contributed by atoms with van der Waals surface area (Å²) < 4.78 is 0.551. The van der Waals surface area contributed by atoms with Gasteiger partial charge in [-0.25, -0.2) is 9.59 Å². The van der Waals surface area contributed by atoms with Crippen molar-refractivity contribution in [2.24, 2.45) is 5.92 Å². The Morgan fingerprint density at radius 3 is 2.56 bits per heavy atom. The van der Waals surface area contributed by atoms with Crippen molar-refractivity contribution in [3.05, 3.63) is 51.5 Å². The van der Waals surface area contributed by atoms with Crippen LogP contribution in [0.5, 0.6) is 5.88 Å². The first-order valence-corrected chi connectivity index (χ1v) is 8.62. The lowest BCUT2D eigenvalue weighted by molar-refractivity contribution is 0.0680. The van der Waals surface area contributed by atoms with Gasteiger partial charge in [-0.15, -0.1) is 0 Å². The number of aromatic amines is 1. The minimum Gasteiger partial charge on any atom is -0.491 e. The number of likely N-dealkylation sites (tertiary alicyclic amines) is 1. The number of piperidine rings is 1. The molecule has 1 aliphatic rings. The normalized spacial score (nSPS) is 15.3. The molecule has 2 aromatic rings. The van der Waals surface area contributed by atoms with E-state index in [2.05, 4.69) is 4.98 Å². The number of nitrogens with zero attached hydrogens (tertiary/aromatic N) is 2. The first-order chi connectivity index (χ1) is 12.0. The molecule has 1 fully saturated rings. The number of H-pyrrole nitrogens is 1. The predicted octanol–water partition coefficient (Wildman–Crippen LogP) is 2.43. The molecule has 2 heterocycles. The number of benzene rings is 1. The van der Waals surface area contributed by atoms with Gasteiger partial charge in [0, 0.05) is 18.1 Å². The predicted molar refractivity (Wildman–Crippen MR) is 92.8 cm³/mol. The second kappa shape index (κ2) is 7.65. The lowest BCUT2D eigenvalue weighted by Crippen LogP contribution is -2.44. The Balaban J connectivity index is 1.46. The molecule has 1 amide bonds. The molecule has 1 saturated heterocycles. The molecule has 1 aromatic carbocycles. The van der Waals surface area contributed by atoms with Crippen molar-refractivity contribution in [3.63, 3.8) is 0 Å². The van der Waals surface area contributed by atoms with Crippen LogP contribution in [0.2, 0.25) is 5.02 Å². The Labute approximate surface area is 149 Å². The SMILES string of the molecule is O=C(On1c(O)c[nH]c1=O)N1CCC(CCc2ccc(Cl)cc2)CC1. The van der Waals surface area contributed by atoms with Crippen molar-refractivity contribution in [3.8, 4) is 5.88 Å². The van der Waals surface area contributed by atoms with E-state index >= 15 is 0 Å². The van der Waals surface area contributed by atoms with E-state index < -0.39 is 17.7 Å². The number of imidazole rings is 1. The molecule has 0 aliphatic carbocycles. The average molecular weight is 366 g/mol. The van der Waals surface area contributed by atoms with E-state index in [0.717, 1.165) is 36.9 Å². The first-order valence-electron chi connectivity index (χ1n) is 8.24. The van der Waals surface area contributed by atoms with Gasteiger partial charge in [-0.1, -0.05) is 28.5 Å². The van der Waals surface area contributed by atoms with Crippen LogP contribution < -0.4 is 10.5 Å². The summed E-state index contributed by atoms with van der Waals surface area (Å²) in [5.41, 5.74) is 0.567. The fraction of sp³-hybridized carbons (Fsp3) is 0.412. The van der Waals surface area contributed by atoms with Crippen LogP contribution in [0.1, 0.15) is 24.8 Å². The van der Waals surface area contributed by atoms with Crippen LogP contribution in [0.25, 0.3) is 0 Å². The van der Waals surface area contributed by atoms with Crippen LogP contribution >= 0.6 is 11.6 Å². The van der Waals surface area contributed by atoms with E-state index in [1.807, 2.05) is 24.3 Å². The van der Waals surface area contributed by atoms with Crippen LogP contribution in [0, 0.1) is 5.92 Å². The fourth-order valence-corrected chi connectivity index (χ4v) is 3.12. The molecule has 0 spiro atoms. The van der Waals surface area contributed by atoms with Gasteiger partial charge in [0.2, 0.25) is 5.88 Å². The summed E-state index contributed by atoms with van der Waals surface area (Å²) >= 11 is 5.89. The van der Waals surface area contributed by atoms with E-state index in [1.54, 1.807) is 4.90 Å². The number of amides is 1. The second-order valence-electron chi connectivity index (χ2n) is 6.20. The third-order valence-electron chi connectivity index (χ3n) is 4.51. The highest BCUT2D eigenvalue weighted by molar-refractivity contribution is 6.30. The highest BCUT2D eigenvalue weighted by atomic mass is 35.5. The zero-order valence-corrected chi connectivity index (χ0v) is 14.4. The first kappa shape index (κ1) is 17.4. The number of rotatable bonds is 4. The Morgan fingerprint density at radius 2 is 1.96 bits per heavy atom. The summed E-state index contributed by atoms with van der Waals surface area (Å²) in [6.45, 7) is 1.15. The molecule has 1 aromatic heterocycles. The highest BCUT2D eigenvalue weighted by Gasteiger charge is 2.25. The van der Waals surface area contributed by atoms with Gasteiger partial charge in [0.1, 0.15) is 0 Å². The molecule has 3 rings (SSSR count). The minimum atomic E-state index is -0.691. The number of hydrogen-bond donors (Lipinski definition) is 2. The highest BCUT2D eigenvalue weighted by Crippen LogP contribution is 2.23. The number of hydrogen-bond acceptors (Lipinski definition) is 4.